The predicted octanol–water partition coefficient (Wildman–Crippen LogP) is 4.59. The summed E-state index contributed by atoms with van der Waals surface area (Å²) in [7, 11) is 0. The number of nitrogens with one attached hydrogen (secondary N) is 1. The van der Waals surface area contributed by atoms with Gasteiger partial charge < -0.3 is 15.0 Å². The smallest absolute Gasteiger partial charge is 0.255 e. The molecule has 0 saturated carbocycles. The van der Waals surface area contributed by atoms with E-state index >= 15 is 0 Å². The van der Waals surface area contributed by atoms with Gasteiger partial charge in [0.25, 0.3) is 5.91 Å². The van der Waals surface area contributed by atoms with Crippen molar-refractivity contribution in [1.82, 2.24) is 0 Å². The molecule has 4 nitrogen and oxygen atoms in total. The lowest BCUT2D eigenvalue weighted by Gasteiger charge is -2.19. The summed E-state index contributed by atoms with van der Waals surface area (Å²) in [6.07, 6.45) is 2.40. The molecule has 1 aliphatic rings. The number of carbonyl (C=O) groups excluding carboxylic acids is 1. The molecule has 2 aromatic rings. The largest absolute Gasteiger partial charge is 0.494 e. The van der Waals surface area contributed by atoms with E-state index in [1.165, 1.54) is 12.8 Å². The van der Waals surface area contributed by atoms with E-state index in [0.717, 1.165) is 18.8 Å². The number of hydrogen-bond acceptors (Lipinski definition) is 3. The molecule has 0 unspecified atom stereocenters. The van der Waals surface area contributed by atoms with Gasteiger partial charge in [-0.25, -0.2) is 0 Å². The molecule has 0 radical (unpaired) electrons. The van der Waals surface area contributed by atoms with Crippen LogP contribution < -0.4 is 15.0 Å². The minimum absolute atomic E-state index is 0.179. The average molecular weight is 345 g/mol. The molecule has 1 saturated heterocycles. The number of halogens is 1. The normalized spacial score (nSPS) is 13.8. The number of amides is 1. The summed E-state index contributed by atoms with van der Waals surface area (Å²) in [5.74, 6) is 0.508. The Balaban J connectivity index is 1.72. The molecule has 0 atom stereocenters. The maximum absolute atomic E-state index is 12.4. The van der Waals surface area contributed by atoms with Crippen LogP contribution in [0, 0.1) is 0 Å². The third kappa shape index (κ3) is 3.82. The highest BCUT2D eigenvalue weighted by Crippen LogP contribution is 2.31. The minimum Gasteiger partial charge on any atom is -0.494 e. The Labute approximate surface area is 147 Å². The molecule has 0 aromatic heterocycles. The van der Waals surface area contributed by atoms with Crippen molar-refractivity contribution in [3.8, 4) is 5.75 Å². The zero-order valence-corrected chi connectivity index (χ0v) is 14.5. The van der Waals surface area contributed by atoms with Crippen molar-refractivity contribution in [3.05, 3.63) is 53.1 Å². The SMILES string of the molecule is CCOc1cccc(C(=O)Nc2ccc(N3CCCC3)c(Cl)c2)c1. The molecule has 2 aromatic carbocycles. The third-order valence-corrected chi connectivity index (χ3v) is 4.36. The van der Waals surface area contributed by atoms with Crippen molar-refractivity contribution < 1.29 is 9.53 Å². The lowest BCUT2D eigenvalue weighted by atomic mass is 10.2. The van der Waals surface area contributed by atoms with Gasteiger partial charge in [0.05, 0.1) is 17.3 Å². The van der Waals surface area contributed by atoms with Crippen LogP contribution in [-0.2, 0) is 0 Å². The van der Waals surface area contributed by atoms with Crippen LogP contribution >= 0.6 is 11.6 Å². The number of hydrogen-bond donors (Lipinski definition) is 1. The summed E-state index contributed by atoms with van der Waals surface area (Å²) in [6, 6.07) is 12.8. The first kappa shape index (κ1) is 16.7. The lowest BCUT2D eigenvalue weighted by Crippen LogP contribution is -2.18. The highest BCUT2D eigenvalue weighted by atomic mass is 35.5. The van der Waals surface area contributed by atoms with E-state index in [0.29, 0.717) is 28.6 Å². The van der Waals surface area contributed by atoms with Crippen molar-refractivity contribution in [2.75, 3.05) is 29.9 Å². The Morgan fingerprint density at radius 1 is 1.21 bits per heavy atom. The van der Waals surface area contributed by atoms with Crippen LogP contribution in [0.5, 0.6) is 5.75 Å². The van der Waals surface area contributed by atoms with E-state index in [4.69, 9.17) is 16.3 Å². The van der Waals surface area contributed by atoms with E-state index in [-0.39, 0.29) is 5.91 Å². The van der Waals surface area contributed by atoms with Crippen molar-refractivity contribution in [2.45, 2.75) is 19.8 Å². The van der Waals surface area contributed by atoms with Gasteiger partial charge in [-0.3, -0.25) is 4.79 Å². The van der Waals surface area contributed by atoms with E-state index in [2.05, 4.69) is 10.2 Å². The Hall–Kier alpha value is -2.20. The topological polar surface area (TPSA) is 41.6 Å². The monoisotopic (exact) mass is 344 g/mol. The number of ether oxygens (including phenoxy) is 1. The van der Waals surface area contributed by atoms with Gasteiger partial charge >= 0.3 is 0 Å². The van der Waals surface area contributed by atoms with Crippen LogP contribution in [0.2, 0.25) is 5.02 Å². The fraction of sp³-hybridized carbons (Fsp3) is 0.316. The molecule has 0 aliphatic carbocycles. The first-order chi connectivity index (χ1) is 11.7. The summed E-state index contributed by atoms with van der Waals surface area (Å²) in [4.78, 5) is 14.7. The molecule has 0 bridgehead atoms. The molecule has 0 spiro atoms. The molecule has 1 N–H and O–H groups in total. The van der Waals surface area contributed by atoms with Gasteiger partial charge in [-0.05, 0) is 56.2 Å². The Morgan fingerprint density at radius 2 is 2.00 bits per heavy atom. The van der Waals surface area contributed by atoms with Crippen LogP contribution in [0.1, 0.15) is 30.1 Å². The van der Waals surface area contributed by atoms with Crippen molar-refractivity contribution in [3.63, 3.8) is 0 Å². The van der Waals surface area contributed by atoms with E-state index in [1.54, 1.807) is 18.2 Å². The summed E-state index contributed by atoms with van der Waals surface area (Å²) < 4.78 is 5.43. The third-order valence-electron chi connectivity index (χ3n) is 4.06. The van der Waals surface area contributed by atoms with E-state index in [9.17, 15) is 4.79 Å². The summed E-state index contributed by atoms with van der Waals surface area (Å²) in [6.45, 7) is 4.56. The molecule has 1 amide bonds. The highest BCUT2D eigenvalue weighted by molar-refractivity contribution is 6.33. The standard InChI is InChI=1S/C19H21ClN2O2/c1-2-24-16-7-5-6-14(12-16)19(23)21-15-8-9-18(17(20)13-15)22-10-3-4-11-22/h5-9,12-13H,2-4,10-11H2,1H3,(H,21,23). The lowest BCUT2D eigenvalue weighted by molar-refractivity contribution is 0.102. The highest BCUT2D eigenvalue weighted by Gasteiger charge is 2.16. The average Bonchev–Trinajstić information content (AvgIpc) is 3.10. The molecular weight excluding hydrogens is 324 g/mol. The van der Waals surface area contributed by atoms with Crippen LogP contribution in [0.4, 0.5) is 11.4 Å². The molecule has 24 heavy (non-hydrogen) atoms. The second-order valence-corrected chi connectivity index (χ2v) is 6.18. The summed E-state index contributed by atoms with van der Waals surface area (Å²) >= 11 is 6.39. The van der Waals surface area contributed by atoms with Gasteiger partial charge in [-0.15, -0.1) is 0 Å². The van der Waals surface area contributed by atoms with Gasteiger partial charge in [-0.2, -0.15) is 0 Å². The molecule has 1 fully saturated rings. The number of rotatable bonds is 5. The summed E-state index contributed by atoms with van der Waals surface area (Å²) in [5, 5.41) is 3.55. The predicted molar refractivity (Wildman–Crippen MR) is 98.5 cm³/mol. The van der Waals surface area contributed by atoms with Gasteiger partial charge in [0.15, 0.2) is 0 Å². The van der Waals surface area contributed by atoms with Gasteiger partial charge in [0.1, 0.15) is 5.75 Å². The molecule has 1 aliphatic heterocycles. The minimum atomic E-state index is -0.179. The second-order valence-electron chi connectivity index (χ2n) is 5.78. The van der Waals surface area contributed by atoms with Crippen molar-refractivity contribution >= 4 is 28.9 Å². The number of nitrogens with zero attached hydrogens (tertiary/aromatic N) is 1. The van der Waals surface area contributed by atoms with Crippen LogP contribution in [0.15, 0.2) is 42.5 Å². The fourth-order valence-electron chi connectivity index (χ4n) is 2.90. The molecule has 1 heterocycles. The van der Waals surface area contributed by atoms with Crippen molar-refractivity contribution in [2.24, 2.45) is 0 Å². The quantitative estimate of drug-likeness (QED) is 0.862. The maximum atomic E-state index is 12.4. The van der Waals surface area contributed by atoms with Gasteiger partial charge in [0, 0.05) is 24.3 Å². The zero-order valence-electron chi connectivity index (χ0n) is 13.7. The molecule has 3 rings (SSSR count). The summed E-state index contributed by atoms with van der Waals surface area (Å²) in [5.41, 5.74) is 2.28. The van der Waals surface area contributed by atoms with E-state index < -0.39 is 0 Å². The van der Waals surface area contributed by atoms with Crippen LogP contribution in [-0.4, -0.2) is 25.6 Å². The van der Waals surface area contributed by atoms with Crippen LogP contribution in [0.3, 0.4) is 0 Å². The first-order valence-corrected chi connectivity index (χ1v) is 8.64. The Bertz CT molecular complexity index is 727. The maximum Gasteiger partial charge on any atom is 0.255 e. The molecule has 5 heteroatoms. The first-order valence-electron chi connectivity index (χ1n) is 8.26. The fourth-order valence-corrected chi connectivity index (χ4v) is 3.20. The second kappa shape index (κ2) is 7.58. The Kier molecular flexibility index (Phi) is 5.26. The van der Waals surface area contributed by atoms with E-state index in [1.807, 2.05) is 31.2 Å². The van der Waals surface area contributed by atoms with Gasteiger partial charge in [0.2, 0.25) is 0 Å². The van der Waals surface area contributed by atoms with Gasteiger partial charge in [-0.1, -0.05) is 17.7 Å². The zero-order chi connectivity index (χ0) is 16.9. The molecular formula is C19H21ClN2O2. The number of benzene rings is 2. The number of carbonyl (C=O) groups is 1. The van der Waals surface area contributed by atoms with Crippen LogP contribution in [0.25, 0.3) is 0 Å². The number of anilines is 2. The Morgan fingerprint density at radius 3 is 2.71 bits per heavy atom. The molecule has 126 valence electrons. The van der Waals surface area contributed by atoms with Crippen molar-refractivity contribution in [1.29, 1.82) is 0 Å².